The van der Waals surface area contributed by atoms with Gasteiger partial charge >= 0.3 is 0 Å². The zero-order valence-electron chi connectivity index (χ0n) is 12.6. The minimum atomic E-state index is -0.243. The molecule has 21 heavy (non-hydrogen) atoms. The minimum Gasteiger partial charge on any atom is -0.390 e. The summed E-state index contributed by atoms with van der Waals surface area (Å²) < 4.78 is 15.0. The zero-order valence-corrected chi connectivity index (χ0v) is 12.6. The van der Waals surface area contributed by atoms with Gasteiger partial charge in [0.05, 0.1) is 11.8 Å². The predicted octanol–water partition coefficient (Wildman–Crippen LogP) is 1.94. The van der Waals surface area contributed by atoms with Crippen LogP contribution in [0.4, 0.5) is 4.39 Å². The molecule has 1 heterocycles. The first-order valence-corrected chi connectivity index (χ1v) is 7.31. The van der Waals surface area contributed by atoms with Crippen molar-refractivity contribution < 1.29 is 14.2 Å². The van der Waals surface area contributed by atoms with Gasteiger partial charge in [-0.2, -0.15) is 5.10 Å². The second kappa shape index (κ2) is 7.33. The number of benzene rings is 1. The first-order chi connectivity index (χ1) is 10.2. The highest BCUT2D eigenvalue weighted by atomic mass is 19.1. The van der Waals surface area contributed by atoms with E-state index >= 15 is 0 Å². The quantitative estimate of drug-likeness (QED) is 0.766. The molecule has 0 aliphatic heterocycles. The van der Waals surface area contributed by atoms with Crippen molar-refractivity contribution in [3.8, 4) is 11.3 Å². The monoisotopic (exact) mass is 292 g/mol. The second-order valence-electron chi connectivity index (χ2n) is 5.27. The molecule has 0 saturated heterocycles. The molecule has 0 radical (unpaired) electrons. The topological polar surface area (TPSA) is 43.1 Å². The van der Waals surface area contributed by atoms with E-state index in [-0.39, 0.29) is 12.4 Å². The van der Waals surface area contributed by atoms with Crippen molar-refractivity contribution in [1.82, 2.24) is 10.00 Å². The van der Waals surface area contributed by atoms with Gasteiger partial charge in [0.2, 0.25) is 5.69 Å². The predicted molar refractivity (Wildman–Crippen MR) is 80.1 cm³/mol. The average Bonchev–Trinajstić information content (AvgIpc) is 2.83. The molecule has 5 heteroatoms. The van der Waals surface area contributed by atoms with E-state index in [2.05, 4.69) is 24.0 Å². The smallest absolute Gasteiger partial charge is 0.242 e. The molecule has 0 aliphatic carbocycles. The number of rotatable bonds is 7. The van der Waals surface area contributed by atoms with Crippen LogP contribution >= 0.6 is 0 Å². The molecule has 0 unspecified atom stereocenters. The number of aliphatic hydroxyl groups excluding tert-OH is 1. The molecule has 4 nitrogen and oxygen atoms in total. The number of aromatic nitrogens is 2. The van der Waals surface area contributed by atoms with Crippen molar-refractivity contribution in [1.29, 1.82) is 0 Å². The average molecular weight is 292 g/mol. The van der Waals surface area contributed by atoms with Gasteiger partial charge in [-0.25, -0.2) is 4.39 Å². The summed E-state index contributed by atoms with van der Waals surface area (Å²) in [5.74, 6) is -0.243. The van der Waals surface area contributed by atoms with Crippen LogP contribution in [0.15, 0.2) is 30.5 Å². The molecule has 1 aromatic carbocycles. The van der Waals surface area contributed by atoms with E-state index in [1.54, 1.807) is 12.1 Å². The Hall–Kier alpha value is -1.72. The van der Waals surface area contributed by atoms with Gasteiger partial charge in [0, 0.05) is 12.1 Å². The van der Waals surface area contributed by atoms with Crippen molar-refractivity contribution in [2.45, 2.75) is 26.4 Å². The number of halogens is 1. The first kappa shape index (κ1) is 15.7. The highest BCUT2D eigenvalue weighted by Crippen LogP contribution is 2.21. The summed E-state index contributed by atoms with van der Waals surface area (Å²) in [5, 5.41) is 12.4. The Bertz CT molecular complexity index is 565. The van der Waals surface area contributed by atoms with Crippen molar-refractivity contribution in [2.24, 2.45) is 0 Å². The number of nitrogens with zero attached hydrogens (tertiary/aromatic N) is 2. The van der Waals surface area contributed by atoms with Gasteiger partial charge in [-0.1, -0.05) is 6.92 Å². The highest BCUT2D eigenvalue weighted by molar-refractivity contribution is 5.59. The van der Waals surface area contributed by atoms with Gasteiger partial charge in [-0.15, -0.1) is 4.68 Å². The maximum atomic E-state index is 13.1. The molecule has 1 aromatic heterocycles. The molecule has 2 aromatic rings. The van der Waals surface area contributed by atoms with Crippen LogP contribution in [0.3, 0.4) is 0 Å². The van der Waals surface area contributed by atoms with Crippen molar-refractivity contribution in [2.75, 3.05) is 20.2 Å². The third kappa shape index (κ3) is 3.89. The molecule has 0 saturated carbocycles. The Balaban J connectivity index is 2.35. The fourth-order valence-corrected chi connectivity index (χ4v) is 2.56. The van der Waals surface area contributed by atoms with Crippen LogP contribution in [0.5, 0.6) is 0 Å². The van der Waals surface area contributed by atoms with Gasteiger partial charge in [0.25, 0.3) is 0 Å². The SMILES string of the molecule is CCCN(C)Cc1c[nH][n+](CCO)c1-c1ccc(F)cc1. The Morgan fingerprint density at radius 3 is 2.62 bits per heavy atom. The van der Waals surface area contributed by atoms with E-state index in [1.165, 1.54) is 12.1 Å². The molecule has 0 bridgehead atoms. The summed E-state index contributed by atoms with van der Waals surface area (Å²) >= 11 is 0. The fourth-order valence-electron chi connectivity index (χ4n) is 2.56. The lowest BCUT2D eigenvalue weighted by Crippen LogP contribution is -2.39. The largest absolute Gasteiger partial charge is 0.390 e. The van der Waals surface area contributed by atoms with Gasteiger partial charge in [0.15, 0.2) is 6.54 Å². The summed E-state index contributed by atoms with van der Waals surface area (Å²) in [5.41, 5.74) is 3.10. The fraction of sp³-hybridized carbons (Fsp3) is 0.438. The van der Waals surface area contributed by atoms with Crippen LogP contribution in [0.2, 0.25) is 0 Å². The first-order valence-electron chi connectivity index (χ1n) is 7.31. The molecule has 114 valence electrons. The molecule has 0 fully saturated rings. The number of aliphatic hydroxyl groups is 1. The highest BCUT2D eigenvalue weighted by Gasteiger charge is 2.21. The third-order valence-corrected chi connectivity index (χ3v) is 3.46. The Labute approximate surface area is 124 Å². The van der Waals surface area contributed by atoms with E-state index in [1.807, 2.05) is 10.9 Å². The number of hydrogen-bond acceptors (Lipinski definition) is 2. The molecule has 0 atom stereocenters. The van der Waals surface area contributed by atoms with E-state index in [0.29, 0.717) is 6.54 Å². The van der Waals surface area contributed by atoms with E-state index in [4.69, 9.17) is 0 Å². The molecule has 2 rings (SSSR count). The Kier molecular flexibility index (Phi) is 5.47. The number of nitrogens with one attached hydrogen (secondary N) is 1. The zero-order chi connectivity index (χ0) is 15.2. The summed E-state index contributed by atoms with van der Waals surface area (Å²) in [4.78, 5) is 2.25. The van der Waals surface area contributed by atoms with Gasteiger partial charge < -0.3 is 10.0 Å². The maximum absolute atomic E-state index is 13.1. The van der Waals surface area contributed by atoms with Crippen LogP contribution in [0.25, 0.3) is 11.3 Å². The summed E-state index contributed by atoms with van der Waals surface area (Å²) in [6, 6.07) is 6.47. The molecule has 0 aliphatic rings. The lowest BCUT2D eigenvalue weighted by Gasteiger charge is -2.14. The molecule has 0 spiro atoms. The lowest BCUT2D eigenvalue weighted by molar-refractivity contribution is -0.741. The van der Waals surface area contributed by atoms with Crippen LogP contribution in [-0.4, -0.2) is 35.3 Å². The van der Waals surface area contributed by atoms with Crippen LogP contribution < -0.4 is 4.68 Å². The Morgan fingerprint density at radius 1 is 1.29 bits per heavy atom. The summed E-state index contributed by atoms with van der Waals surface area (Å²) in [7, 11) is 2.08. The second-order valence-corrected chi connectivity index (χ2v) is 5.27. The molecule has 2 N–H and O–H groups in total. The minimum absolute atomic E-state index is 0.0591. The standard InChI is InChI=1S/C16H22FN3O/c1-3-8-19(2)12-14-11-18-20(9-10-21)16(14)13-4-6-15(17)7-5-13/h4-7,11,21H,3,8-10,12H2,1-2H3/p+1. The summed E-state index contributed by atoms with van der Waals surface area (Å²) in [6.07, 6.45) is 3.06. The normalized spacial score (nSPS) is 11.3. The molecule has 0 amide bonds. The number of H-pyrrole nitrogens is 1. The van der Waals surface area contributed by atoms with Crippen molar-refractivity contribution in [3.05, 3.63) is 41.8 Å². The maximum Gasteiger partial charge on any atom is 0.242 e. The van der Waals surface area contributed by atoms with Crippen LogP contribution in [-0.2, 0) is 13.1 Å². The van der Waals surface area contributed by atoms with Gasteiger partial charge in [-0.3, -0.25) is 0 Å². The van der Waals surface area contributed by atoms with E-state index < -0.39 is 0 Å². The van der Waals surface area contributed by atoms with Gasteiger partial charge in [-0.05, 0) is 44.3 Å². The summed E-state index contributed by atoms with van der Waals surface area (Å²) in [6.45, 7) is 4.54. The lowest BCUT2D eigenvalue weighted by atomic mass is 10.1. The third-order valence-electron chi connectivity index (χ3n) is 3.46. The van der Waals surface area contributed by atoms with E-state index in [9.17, 15) is 9.50 Å². The number of hydrogen-bond donors (Lipinski definition) is 2. The van der Waals surface area contributed by atoms with Gasteiger partial charge in [0.1, 0.15) is 12.4 Å². The molecular weight excluding hydrogens is 269 g/mol. The van der Waals surface area contributed by atoms with E-state index in [0.717, 1.165) is 36.3 Å². The molecular formula is C16H23FN3O+. The van der Waals surface area contributed by atoms with Crippen molar-refractivity contribution >= 4 is 0 Å². The number of aromatic amines is 1. The van der Waals surface area contributed by atoms with Crippen molar-refractivity contribution in [3.63, 3.8) is 0 Å². The Morgan fingerprint density at radius 2 is 2.00 bits per heavy atom. The van der Waals surface area contributed by atoms with Crippen LogP contribution in [0.1, 0.15) is 18.9 Å². The van der Waals surface area contributed by atoms with Crippen LogP contribution in [0, 0.1) is 5.82 Å².